The molecule has 1 fully saturated rings. The quantitative estimate of drug-likeness (QED) is 0.447. The Labute approximate surface area is 178 Å². The summed E-state index contributed by atoms with van der Waals surface area (Å²) in [5, 5.41) is 2.94. The van der Waals surface area contributed by atoms with Gasteiger partial charge < -0.3 is 14.8 Å². The number of methoxy groups -OCH3 is 1. The number of amides is 1. The maximum absolute atomic E-state index is 12.3. The monoisotopic (exact) mass is 435 g/mol. The molecule has 0 bridgehead atoms. The molecule has 1 aromatic carbocycles. The van der Waals surface area contributed by atoms with Crippen LogP contribution in [-0.2, 0) is 14.3 Å². The first-order valence-electron chi connectivity index (χ1n) is 9.33. The Kier molecular flexibility index (Phi) is 7.28. The topological polar surface area (TPSA) is 81.7 Å². The molecule has 0 spiro atoms. The maximum atomic E-state index is 12.3. The second kappa shape index (κ2) is 9.89. The van der Waals surface area contributed by atoms with Gasteiger partial charge in [-0.1, -0.05) is 23.7 Å². The molecular weight excluding hydrogens is 414 g/mol. The first kappa shape index (κ1) is 21.3. The Morgan fingerprint density at radius 1 is 1.14 bits per heavy atom. The summed E-state index contributed by atoms with van der Waals surface area (Å²) in [6.45, 7) is -0.364. The third kappa shape index (κ3) is 6.30. The number of hydrogen-bond donors (Lipinski definition) is 1. The molecule has 154 valence electrons. The summed E-state index contributed by atoms with van der Waals surface area (Å²) in [5.41, 5.74) is 0.994. The molecule has 0 saturated heterocycles. The van der Waals surface area contributed by atoms with E-state index in [4.69, 9.17) is 21.1 Å². The SMILES string of the molecule is COc1ccc(C(NC(=O)COC(=O)CCC(=O)c2ccc(Cl)s2)C2CC2)cc1. The van der Waals surface area contributed by atoms with Gasteiger partial charge in [0.25, 0.3) is 5.91 Å². The van der Waals surface area contributed by atoms with Gasteiger partial charge in [0.15, 0.2) is 12.4 Å². The van der Waals surface area contributed by atoms with E-state index >= 15 is 0 Å². The van der Waals surface area contributed by atoms with Crippen LogP contribution in [-0.4, -0.2) is 31.4 Å². The Hall–Kier alpha value is -2.38. The fourth-order valence-corrected chi connectivity index (χ4v) is 3.96. The zero-order chi connectivity index (χ0) is 20.8. The minimum absolute atomic E-state index is 0.0217. The zero-order valence-electron chi connectivity index (χ0n) is 16.0. The molecule has 1 N–H and O–H groups in total. The number of nitrogens with one attached hydrogen (secondary N) is 1. The molecular formula is C21H22ClNO5S. The molecule has 6 nitrogen and oxygen atoms in total. The normalized spacial score (nSPS) is 14.1. The smallest absolute Gasteiger partial charge is 0.306 e. The second-order valence-corrected chi connectivity index (χ2v) is 8.56. The van der Waals surface area contributed by atoms with Gasteiger partial charge in [-0.3, -0.25) is 14.4 Å². The van der Waals surface area contributed by atoms with E-state index in [2.05, 4.69) is 5.32 Å². The molecule has 0 aliphatic heterocycles. The van der Waals surface area contributed by atoms with E-state index in [0.29, 0.717) is 15.1 Å². The largest absolute Gasteiger partial charge is 0.497 e. The lowest BCUT2D eigenvalue weighted by atomic mass is 10.0. The molecule has 3 rings (SSSR count). The Balaban J connectivity index is 1.44. The van der Waals surface area contributed by atoms with Crippen molar-refractivity contribution in [3.63, 3.8) is 0 Å². The van der Waals surface area contributed by atoms with E-state index in [1.807, 2.05) is 24.3 Å². The van der Waals surface area contributed by atoms with Crippen molar-refractivity contribution in [2.75, 3.05) is 13.7 Å². The highest BCUT2D eigenvalue weighted by molar-refractivity contribution is 7.18. The van der Waals surface area contributed by atoms with Gasteiger partial charge in [-0.25, -0.2) is 0 Å². The summed E-state index contributed by atoms with van der Waals surface area (Å²) in [6, 6.07) is 10.7. The van der Waals surface area contributed by atoms with Crippen molar-refractivity contribution in [3.8, 4) is 5.75 Å². The number of carbonyl (C=O) groups excluding carboxylic acids is 3. The van der Waals surface area contributed by atoms with Crippen LogP contribution in [0.5, 0.6) is 5.75 Å². The molecule has 1 amide bonds. The van der Waals surface area contributed by atoms with E-state index in [0.717, 1.165) is 24.2 Å². The van der Waals surface area contributed by atoms with Crippen LogP contribution in [0.3, 0.4) is 0 Å². The van der Waals surface area contributed by atoms with E-state index < -0.39 is 5.97 Å². The predicted molar refractivity (Wildman–Crippen MR) is 110 cm³/mol. The van der Waals surface area contributed by atoms with Crippen LogP contribution in [0.25, 0.3) is 0 Å². The average molecular weight is 436 g/mol. The Morgan fingerprint density at radius 3 is 2.45 bits per heavy atom. The number of Topliss-reactive ketones (excluding diaryl/α,β-unsaturated/α-hetero) is 1. The Bertz CT molecular complexity index is 875. The molecule has 1 saturated carbocycles. The van der Waals surface area contributed by atoms with Crippen LogP contribution in [0.15, 0.2) is 36.4 Å². The van der Waals surface area contributed by atoms with Gasteiger partial charge in [-0.2, -0.15) is 0 Å². The molecule has 1 atom stereocenters. The van der Waals surface area contributed by atoms with Crippen LogP contribution in [0.1, 0.15) is 47.0 Å². The number of halogens is 1. The first-order valence-corrected chi connectivity index (χ1v) is 10.5. The highest BCUT2D eigenvalue weighted by atomic mass is 35.5. The van der Waals surface area contributed by atoms with Crippen molar-refractivity contribution in [1.29, 1.82) is 0 Å². The van der Waals surface area contributed by atoms with Gasteiger partial charge in [0.2, 0.25) is 0 Å². The number of benzene rings is 1. The highest BCUT2D eigenvalue weighted by Gasteiger charge is 2.33. The molecule has 1 aliphatic carbocycles. The summed E-state index contributed by atoms with van der Waals surface area (Å²) in [5.74, 6) is 0.0313. The zero-order valence-corrected chi connectivity index (χ0v) is 17.6. The van der Waals surface area contributed by atoms with Crippen LogP contribution in [0, 0.1) is 5.92 Å². The molecule has 8 heteroatoms. The summed E-state index contributed by atoms with van der Waals surface area (Å²) in [4.78, 5) is 36.6. The molecule has 29 heavy (non-hydrogen) atoms. The number of carbonyl (C=O) groups is 3. The van der Waals surface area contributed by atoms with Gasteiger partial charge in [-0.05, 0) is 48.6 Å². The minimum Gasteiger partial charge on any atom is -0.497 e. The lowest BCUT2D eigenvalue weighted by Crippen LogP contribution is -2.33. The van der Waals surface area contributed by atoms with Crippen molar-refractivity contribution in [2.45, 2.75) is 31.7 Å². The molecule has 1 heterocycles. The van der Waals surface area contributed by atoms with Gasteiger partial charge >= 0.3 is 5.97 Å². The number of ether oxygens (including phenoxy) is 2. The number of esters is 1. The van der Waals surface area contributed by atoms with Gasteiger partial charge in [-0.15, -0.1) is 11.3 Å². The van der Waals surface area contributed by atoms with Crippen molar-refractivity contribution < 1.29 is 23.9 Å². The number of hydrogen-bond acceptors (Lipinski definition) is 6. The lowest BCUT2D eigenvalue weighted by Gasteiger charge is -2.19. The predicted octanol–water partition coefficient (Wildman–Crippen LogP) is 4.18. The van der Waals surface area contributed by atoms with Crippen molar-refractivity contribution in [1.82, 2.24) is 5.32 Å². The van der Waals surface area contributed by atoms with E-state index in [1.165, 1.54) is 11.3 Å². The third-order valence-electron chi connectivity index (χ3n) is 4.65. The molecule has 1 unspecified atom stereocenters. The maximum Gasteiger partial charge on any atom is 0.306 e. The Morgan fingerprint density at radius 2 is 1.86 bits per heavy atom. The average Bonchev–Trinajstić information content (AvgIpc) is 3.48. The highest BCUT2D eigenvalue weighted by Crippen LogP contribution is 2.41. The van der Waals surface area contributed by atoms with Crippen molar-refractivity contribution >= 4 is 40.6 Å². The fourth-order valence-electron chi connectivity index (χ4n) is 2.95. The number of thiophene rings is 1. The number of rotatable bonds is 10. The minimum atomic E-state index is -0.580. The van der Waals surface area contributed by atoms with Crippen molar-refractivity contribution in [3.05, 3.63) is 51.2 Å². The van der Waals surface area contributed by atoms with Crippen LogP contribution >= 0.6 is 22.9 Å². The van der Waals surface area contributed by atoms with E-state index in [1.54, 1.807) is 19.2 Å². The summed E-state index contributed by atoms with van der Waals surface area (Å²) in [7, 11) is 1.60. The lowest BCUT2D eigenvalue weighted by molar-refractivity contribution is -0.148. The standard InChI is InChI=1S/C21H22ClNO5S/c1-27-15-6-4-14(5-7-15)21(13-2-3-13)23-19(25)12-28-20(26)11-8-16(24)17-9-10-18(22)29-17/h4-7,9-10,13,21H,2-3,8,11-12H2,1H3,(H,23,25). The van der Waals surface area contributed by atoms with Gasteiger partial charge in [0.1, 0.15) is 5.75 Å². The third-order valence-corrected chi connectivity index (χ3v) is 5.93. The van der Waals surface area contributed by atoms with Crippen molar-refractivity contribution in [2.24, 2.45) is 5.92 Å². The summed E-state index contributed by atoms with van der Waals surface area (Å²) in [6.07, 6.45) is 2.04. The summed E-state index contributed by atoms with van der Waals surface area (Å²) < 4.78 is 10.7. The summed E-state index contributed by atoms with van der Waals surface area (Å²) >= 11 is 6.98. The van der Waals surface area contributed by atoms with Crippen LogP contribution < -0.4 is 10.1 Å². The fraction of sp³-hybridized carbons (Fsp3) is 0.381. The second-order valence-electron chi connectivity index (χ2n) is 6.84. The van der Waals surface area contributed by atoms with E-state index in [9.17, 15) is 14.4 Å². The van der Waals surface area contributed by atoms with Gasteiger partial charge in [0, 0.05) is 6.42 Å². The van der Waals surface area contributed by atoms with Gasteiger partial charge in [0.05, 0.1) is 28.8 Å². The molecule has 1 aliphatic rings. The molecule has 2 aromatic rings. The van der Waals surface area contributed by atoms with Crippen LogP contribution in [0.2, 0.25) is 4.34 Å². The van der Waals surface area contributed by atoms with E-state index in [-0.39, 0.29) is 37.2 Å². The number of ketones is 1. The molecule has 1 aromatic heterocycles. The first-order chi connectivity index (χ1) is 14.0. The molecule has 0 radical (unpaired) electrons. The van der Waals surface area contributed by atoms with Crippen LogP contribution in [0.4, 0.5) is 0 Å².